The standard InChI is InChI=1S/C13H24N2O3/c1-13(2)9-15(7-10-5-4-6-18-10)12(17)11(8-16)14(13)3/h10-11,16H,4-9H2,1-3H3. The van der Waals surface area contributed by atoms with Gasteiger partial charge in [-0.15, -0.1) is 0 Å². The number of piperazine rings is 1. The molecule has 2 atom stereocenters. The normalized spacial score (nSPS) is 33.1. The summed E-state index contributed by atoms with van der Waals surface area (Å²) in [6.07, 6.45) is 2.29. The lowest BCUT2D eigenvalue weighted by Gasteiger charge is -2.49. The van der Waals surface area contributed by atoms with Gasteiger partial charge in [0.1, 0.15) is 6.04 Å². The first-order chi connectivity index (χ1) is 8.45. The molecule has 1 N–H and O–H groups in total. The third-order valence-electron chi connectivity index (χ3n) is 4.22. The van der Waals surface area contributed by atoms with Crippen LogP contribution in [-0.2, 0) is 9.53 Å². The lowest BCUT2D eigenvalue weighted by atomic mass is 9.95. The first-order valence-electron chi connectivity index (χ1n) is 6.70. The fourth-order valence-corrected chi connectivity index (χ4v) is 2.84. The number of hydrogen-bond acceptors (Lipinski definition) is 4. The Morgan fingerprint density at radius 3 is 2.78 bits per heavy atom. The fraction of sp³-hybridized carbons (Fsp3) is 0.923. The van der Waals surface area contributed by atoms with Gasteiger partial charge in [0.15, 0.2) is 0 Å². The monoisotopic (exact) mass is 256 g/mol. The van der Waals surface area contributed by atoms with E-state index in [4.69, 9.17) is 4.74 Å². The number of rotatable bonds is 3. The highest BCUT2D eigenvalue weighted by molar-refractivity contribution is 5.83. The molecule has 0 aromatic carbocycles. The molecule has 2 fully saturated rings. The van der Waals surface area contributed by atoms with Crippen molar-refractivity contribution in [3.63, 3.8) is 0 Å². The lowest BCUT2D eigenvalue weighted by Crippen LogP contribution is -2.66. The van der Waals surface area contributed by atoms with Crippen LogP contribution in [-0.4, -0.2) is 71.8 Å². The highest BCUT2D eigenvalue weighted by Crippen LogP contribution is 2.25. The zero-order chi connectivity index (χ0) is 13.3. The molecule has 2 aliphatic heterocycles. The van der Waals surface area contributed by atoms with E-state index in [0.717, 1.165) is 19.4 Å². The Morgan fingerprint density at radius 1 is 1.50 bits per heavy atom. The second-order valence-corrected chi connectivity index (χ2v) is 5.98. The molecule has 0 radical (unpaired) electrons. The minimum absolute atomic E-state index is 0.0230. The van der Waals surface area contributed by atoms with Gasteiger partial charge in [0.2, 0.25) is 5.91 Å². The maximum atomic E-state index is 12.3. The van der Waals surface area contributed by atoms with Crippen molar-refractivity contribution >= 4 is 5.91 Å². The van der Waals surface area contributed by atoms with Crippen molar-refractivity contribution in [2.45, 2.75) is 44.4 Å². The topological polar surface area (TPSA) is 53.0 Å². The third kappa shape index (κ3) is 2.53. The zero-order valence-electron chi connectivity index (χ0n) is 11.6. The molecule has 0 aromatic rings. The largest absolute Gasteiger partial charge is 0.394 e. The van der Waals surface area contributed by atoms with E-state index in [1.807, 2.05) is 16.8 Å². The van der Waals surface area contributed by atoms with Gasteiger partial charge in [-0.25, -0.2) is 0 Å². The summed E-state index contributed by atoms with van der Waals surface area (Å²) in [5.41, 5.74) is -0.111. The average Bonchev–Trinajstić information content (AvgIpc) is 2.79. The van der Waals surface area contributed by atoms with Gasteiger partial charge in [0.25, 0.3) is 0 Å². The molecule has 2 unspecified atom stereocenters. The van der Waals surface area contributed by atoms with Crippen LogP contribution >= 0.6 is 0 Å². The Kier molecular flexibility index (Phi) is 3.94. The van der Waals surface area contributed by atoms with Gasteiger partial charge < -0.3 is 14.7 Å². The summed E-state index contributed by atoms with van der Waals surface area (Å²) in [6.45, 7) is 6.24. The van der Waals surface area contributed by atoms with Crippen molar-refractivity contribution in [1.29, 1.82) is 0 Å². The van der Waals surface area contributed by atoms with E-state index < -0.39 is 6.04 Å². The Labute approximate surface area is 109 Å². The second kappa shape index (κ2) is 5.15. The van der Waals surface area contributed by atoms with E-state index in [1.165, 1.54) is 0 Å². The maximum absolute atomic E-state index is 12.3. The summed E-state index contributed by atoms with van der Waals surface area (Å²) in [5.74, 6) is 0.0230. The summed E-state index contributed by atoms with van der Waals surface area (Å²) >= 11 is 0. The smallest absolute Gasteiger partial charge is 0.242 e. The number of hydrogen-bond donors (Lipinski definition) is 1. The molecule has 18 heavy (non-hydrogen) atoms. The molecule has 104 valence electrons. The molecule has 5 nitrogen and oxygen atoms in total. The van der Waals surface area contributed by atoms with Crippen LogP contribution in [0.15, 0.2) is 0 Å². The summed E-state index contributed by atoms with van der Waals surface area (Å²) < 4.78 is 5.60. The van der Waals surface area contributed by atoms with E-state index in [0.29, 0.717) is 13.1 Å². The van der Waals surface area contributed by atoms with Crippen molar-refractivity contribution in [2.24, 2.45) is 0 Å². The first-order valence-corrected chi connectivity index (χ1v) is 6.70. The lowest BCUT2D eigenvalue weighted by molar-refractivity contribution is -0.152. The predicted molar refractivity (Wildman–Crippen MR) is 68.3 cm³/mol. The maximum Gasteiger partial charge on any atom is 0.242 e. The SMILES string of the molecule is CN1C(CO)C(=O)N(CC2CCCO2)CC1(C)C. The summed E-state index contributed by atoms with van der Waals surface area (Å²) in [6, 6.07) is -0.421. The van der Waals surface area contributed by atoms with Crippen LogP contribution in [0.2, 0.25) is 0 Å². The Hall–Kier alpha value is -0.650. The van der Waals surface area contributed by atoms with Crippen molar-refractivity contribution in [3.8, 4) is 0 Å². The van der Waals surface area contributed by atoms with Gasteiger partial charge >= 0.3 is 0 Å². The van der Waals surface area contributed by atoms with Crippen LogP contribution in [0.25, 0.3) is 0 Å². The van der Waals surface area contributed by atoms with E-state index >= 15 is 0 Å². The van der Waals surface area contributed by atoms with Crippen molar-refractivity contribution < 1.29 is 14.6 Å². The highest BCUT2D eigenvalue weighted by atomic mass is 16.5. The molecule has 0 aliphatic carbocycles. The van der Waals surface area contributed by atoms with Gasteiger partial charge in [-0.3, -0.25) is 9.69 Å². The van der Waals surface area contributed by atoms with Crippen LogP contribution in [0.5, 0.6) is 0 Å². The van der Waals surface area contributed by atoms with Gasteiger partial charge in [-0.2, -0.15) is 0 Å². The molecular formula is C13H24N2O3. The summed E-state index contributed by atoms with van der Waals surface area (Å²) in [7, 11) is 1.90. The number of aliphatic hydroxyl groups excluding tert-OH is 1. The van der Waals surface area contributed by atoms with E-state index in [-0.39, 0.29) is 24.2 Å². The number of carbonyl (C=O) groups excluding carboxylic acids is 1. The number of aliphatic hydroxyl groups is 1. The van der Waals surface area contributed by atoms with E-state index in [9.17, 15) is 9.90 Å². The van der Waals surface area contributed by atoms with Crippen LogP contribution in [0.4, 0.5) is 0 Å². The number of amides is 1. The van der Waals surface area contributed by atoms with E-state index in [2.05, 4.69) is 13.8 Å². The zero-order valence-corrected chi connectivity index (χ0v) is 11.6. The first kappa shape index (κ1) is 13.8. The second-order valence-electron chi connectivity index (χ2n) is 5.98. The molecule has 0 spiro atoms. The van der Waals surface area contributed by atoms with Gasteiger partial charge in [0, 0.05) is 25.2 Å². The van der Waals surface area contributed by atoms with Gasteiger partial charge in [-0.05, 0) is 33.7 Å². The minimum Gasteiger partial charge on any atom is -0.394 e. The molecule has 0 bridgehead atoms. The molecule has 2 saturated heterocycles. The molecule has 2 heterocycles. The molecule has 0 aromatic heterocycles. The average molecular weight is 256 g/mol. The van der Waals surface area contributed by atoms with E-state index in [1.54, 1.807) is 0 Å². The number of likely N-dealkylation sites (N-methyl/N-ethyl adjacent to an activating group) is 1. The fourth-order valence-electron chi connectivity index (χ4n) is 2.84. The molecule has 5 heteroatoms. The summed E-state index contributed by atoms with van der Waals surface area (Å²) in [5, 5.41) is 9.42. The number of ether oxygens (including phenoxy) is 1. The molecule has 2 rings (SSSR count). The molecule has 0 saturated carbocycles. The van der Waals surface area contributed by atoms with Crippen molar-refractivity contribution in [2.75, 3.05) is 33.4 Å². The van der Waals surface area contributed by atoms with Crippen LogP contribution in [0.3, 0.4) is 0 Å². The molecule has 2 aliphatic rings. The van der Waals surface area contributed by atoms with Crippen molar-refractivity contribution in [3.05, 3.63) is 0 Å². The predicted octanol–water partition coefficient (Wildman–Crippen LogP) is 0.0789. The molecule has 1 amide bonds. The van der Waals surface area contributed by atoms with Crippen LogP contribution < -0.4 is 0 Å². The number of nitrogens with zero attached hydrogens (tertiary/aromatic N) is 2. The minimum atomic E-state index is -0.421. The van der Waals surface area contributed by atoms with Gasteiger partial charge in [-0.1, -0.05) is 0 Å². The van der Waals surface area contributed by atoms with Crippen LogP contribution in [0, 0.1) is 0 Å². The Balaban J connectivity index is 2.07. The Morgan fingerprint density at radius 2 is 2.22 bits per heavy atom. The third-order valence-corrected chi connectivity index (χ3v) is 4.22. The highest BCUT2D eigenvalue weighted by Gasteiger charge is 2.43. The molecular weight excluding hydrogens is 232 g/mol. The number of carbonyl (C=O) groups is 1. The van der Waals surface area contributed by atoms with Crippen molar-refractivity contribution in [1.82, 2.24) is 9.80 Å². The Bertz CT molecular complexity index is 313. The van der Waals surface area contributed by atoms with Crippen LogP contribution in [0.1, 0.15) is 26.7 Å². The summed E-state index contributed by atoms with van der Waals surface area (Å²) in [4.78, 5) is 16.1. The van der Waals surface area contributed by atoms with Gasteiger partial charge in [0.05, 0.1) is 12.7 Å². The quantitative estimate of drug-likeness (QED) is 0.777.